The number of alkyl halides is 3. The van der Waals surface area contributed by atoms with Gasteiger partial charge in [-0.05, 0) is 12.1 Å². The first-order valence-electron chi connectivity index (χ1n) is 5.74. The monoisotopic (exact) mass is 334 g/mol. The van der Waals surface area contributed by atoms with Crippen LogP contribution in [0.1, 0.15) is 8.30 Å². The zero-order valence-electron chi connectivity index (χ0n) is 11.3. The molecule has 0 saturated heterocycles. The lowest BCUT2D eigenvalue weighted by atomic mass is 10.2. The summed E-state index contributed by atoms with van der Waals surface area (Å²) in [6.45, 7) is -2.74. The van der Waals surface area contributed by atoms with Gasteiger partial charge in [-0.25, -0.2) is 22.0 Å². The molecule has 1 aromatic carbocycles. The summed E-state index contributed by atoms with van der Waals surface area (Å²) in [5.74, 6) is 0. The van der Waals surface area contributed by atoms with Gasteiger partial charge >= 0.3 is 6.18 Å². The molecule has 1 heterocycles. The third-order valence-corrected chi connectivity index (χ3v) is 4.60. The molecule has 1 aliphatic rings. The highest BCUT2D eigenvalue weighted by Crippen LogP contribution is 2.38. The van der Waals surface area contributed by atoms with Crippen molar-refractivity contribution in [3.63, 3.8) is 0 Å². The van der Waals surface area contributed by atoms with Crippen molar-refractivity contribution in [2.75, 3.05) is 11.9 Å². The third-order valence-electron chi connectivity index (χ3n) is 2.37. The number of primary sulfonamides is 1. The maximum absolute atomic E-state index is 12.9. The van der Waals surface area contributed by atoms with E-state index < -0.39 is 53.9 Å². The Balaban J connectivity index is 2.88. The topological polar surface area (TPSA) is 118 Å². The molecule has 0 amide bonds. The second kappa shape index (κ2) is 4.31. The van der Waals surface area contributed by atoms with Gasteiger partial charge in [0.05, 0.1) is 25.5 Å². The van der Waals surface area contributed by atoms with E-state index in [4.69, 9.17) is 7.88 Å². The first-order valence-corrected chi connectivity index (χ1v) is 7.77. The number of anilines is 1. The minimum Gasteiger partial charge on any atom is -0.370 e. The molecule has 0 bridgehead atoms. The van der Waals surface area contributed by atoms with Crippen molar-refractivity contribution in [1.29, 1.82) is 0 Å². The predicted octanol–water partition coefficient (Wildman–Crippen LogP) is 0.0141. The largest absolute Gasteiger partial charge is 0.417 e. The second-order valence-electron chi connectivity index (χ2n) is 3.74. The SMILES string of the molecule is [2H][13C]1([2H])Nc2cc(C(F)(F)F)c(S(N)(=O)=O)cc2S(=O)(=O)N1. The van der Waals surface area contributed by atoms with Gasteiger partial charge in [0.2, 0.25) is 20.0 Å². The smallest absolute Gasteiger partial charge is 0.370 e. The van der Waals surface area contributed by atoms with E-state index >= 15 is 0 Å². The van der Waals surface area contributed by atoms with Gasteiger partial charge in [-0.1, -0.05) is 0 Å². The van der Waals surface area contributed by atoms with Crippen LogP contribution in [0.5, 0.6) is 0 Å². The fourth-order valence-electron chi connectivity index (χ4n) is 1.55. The van der Waals surface area contributed by atoms with Gasteiger partial charge in [0, 0.05) is 0 Å². The molecule has 0 atom stereocenters. The van der Waals surface area contributed by atoms with E-state index in [1.165, 1.54) is 4.72 Å². The summed E-state index contributed by atoms with van der Waals surface area (Å²) in [6.07, 6.45) is -5.14. The number of nitrogens with two attached hydrogens (primary N) is 1. The Morgan fingerprint density at radius 3 is 2.45 bits per heavy atom. The average Bonchev–Trinajstić information content (AvgIpc) is 2.21. The molecule has 12 heteroatoms. The lowest BCUT2D eigenvalue weighted by molar-refractivity contribution is -0.139. The van der Waals surface area contributed by atoms with Gasteiger partial charge < -0.3 is 5.32 Å². The summed E-state index contributed by atoms with van der Waals surface area (Å²) in [4.78, 5) is -2.28. The standard InChI is InChI=1S/C8H8F3N3O4S2/c9-8(10,11)4-1-5-7(2-6(4)19(12,15)16)20(17,18)14-3-13-5/h1-2,13-14H,3H2,(H2,12,15,16)/i3+1D2. The lowest BCUT2D eigenvalue weighted by Gasteiger charge is -2.22. The van der Waals surface area contributed by atoms with Crippen molar-refractivity contribution in [2.24, 2.45) is 5.14 Å². The Bertz CT molecular complexity index is 852. The number of nitrogens with one attached hydrogen (secondary N) is 2. The van der Waals surface area contributed by atoms with Crippen LogP contribution in [0.3, 0.4) is 0 Å². The number of benzene rings is 1. The highest BCUT2D eigenvalue weighted by Gasteiger charge is 2.39. The number of sulfonamides is 2. The van der Waals surface area contributed by atoms with Crippen LogP contribution in [0.15, 0.2) is 21.9 Å². The summed E-state index contributed by atoms with van der Waals surface area (Å²) in [7, 11) is -9.43. The average molecular weight is 334 g/mol. The van der Waals surface area contributed by atoms with Crippen molar-refractivity contribution >= 4 is 25.7 Å². The summed E-state index contributed by atoms with van der Waals surface area (Å²) in [5, 5.41) is 6.58. The van der Waals surface area contributed by atoms with E-state index in [0.29, 0.717) is 0 Å². The summed E-state index contributed by atoms with van der Waals surface area (Å²) < 4.78 is 101. The zero-order chi connectivity index (χ0) is 17.1. The van der Waals surface area contributed by atoms with Gasteiger partial charge in [0.15, 0.2) is 0 Å². The fourth-order valence-corrected chi connectivity index (χ4v) is 3.36. The molecule has 0 saturated carbocycles. The predicted molar refractivity (Wildman–Crippen MR) is 61.6 cm³/mol. The van der Waals surface area contributed by atoms with Crippen LogP contribution in [0.25, 0.3) is 0 Å². The molecule has 0 aromatic heterocycles. The van der Waals surface area contributed by atoms with E-state index in [9.17, 15) is 30.0 Å². The molecular formula is C8H8F3N3O4S2. The molecule has 2 rings (SSSR count). The molecule has 0 spiro atoms. The molecule has 1 aromatic rings. The highest BCUT2D eigenvalue weighted by molar-refractivity contribution is 7.90. The number of hydrogen-bond acceptors (Lipinski definition) is 5. The van der Waals surface area contributed by atoms with Gasteiger partial charge in [-0.3, -0.25) is 0 Å². The van der Waals surface area contributed by atoms with Crippen LogP contribution in [0, 0.1) is 0 Å². The molecular weight excluding hydrogens is 324 g/mol. The van der Waals surface area contributed by atoms with Crippen molar-refractivity contribution < 1.29 is 32.7 Å². The molecule has 7 nitrogen and oxygen atoms in total. The maximum atomic E-state index is 12.9. The Morgan fingerprint density at radius 2 is 1.95 bits per heavy atom. The van der Waals surface area contributed by atoms with Crippen LogP contribution in [-0.4, -0.2) is 23.5 Å². The molecule has 0 aliphatic carbocycles. The van der Waals surface area contributed by atoms with Crippen LogP contribution in [0.4, 0.5) is 18.9 Å². The minimum atomic E-state index is -5.14. The molecule has 0 unspecified atom stereocenters. The van der Waals surface area contributed by atoms with Crippen molar-refractivity contribution in [1.82, 2.24) is 4.72 Å². The summed E-state index contributed by atoms with van der Waals surface area (Å²) >= 11 is 0. The molecule has 1 aliphatic heterocycles. The number of rotatable bonds is 1. The van der Waals surface area contributed by atoms with E-state index in [-0.39, 0.29) is 12.1 Å². The van der Waals surface area contributed by atoms with Crippen LogP contribution < -0.4 is 15.2 Å². The van der Waals surface area contributed by atoms with E-state index in [1.54, 1.807) is 0 Å². The third kappa shape index (κ3) is 2.59. The van der Waals surface area contributed by atoms with E-state index in [2.05, 4.69) is 0 Å². The summed E-state index contributed by atoms with van der Waals surface area (Å²) in [5.41, 5.74) is -2.43. The van der Waals surface area contributed by atoms with E-state index in [1.807, 2.05) is 5.32 Å². The first kappa shape index (κ1) is 12.4. The van der Waals surface area contributed by atoms with Crippen molar-refractivity contribution in [3.8, 4) is 0 Å². The number of fused-ring (bicyclic) bond motifs is 1. The number of hydrogen-bond donors (Lipinski definition) is 3. The normalized spacial score (nSPS) is 22.2. The van der Waals surface area contributed by atoms with Crippen LogP contribution in [-0.2, 0) is 26.2 Å². The Hall–Kier alpha value is -1.37. The first-order chi connectivity index (χ1) is 9.63. The second-order valence-corrected chi connectivity index (χ2v) is 6.92. The quantitative estimate of drug-likeness (QED) is 0.626. The van der Waals surface area contributed by atoms with Gasteiger partial charge in [0.1, 0.15) is 4.90 Å². The molecule has 112 valence electrons. The highest BCUT2D eigenvalue weighted by atomic mass is 32.2. The Morgan fingerprint density at radius 1 is 1.35 bits per heavy atom. The van der Waals surface area contributed by atoms with Crippen molar-refractivity contribution in [2.45, 2.75) is 16.0 Å². The zero-order valence-corrected chi connectivity index (χ0v) is 10.9. The molecule has 0 fully saturated rings. The van der Waals surface area contributed by atoms with E-state index in [0.717, 1.165) is 0 Å². The van der Waals surface area contributed by atoms with Gasteiger partial charge in [-0.15, -0.1) is 0 Å². The molecule has 4 N–H and O–H groups in total. The van der Waals surface area contributed by atoms with Crippen LogP contribution in [0.2, 0.25) is 0 Å². The van der Waals surface area contributed by atoms with Crippen molar-refractivity contribution in [3.05, 3.63) is 17.7 Å². The molecule has 20 heavy (non-hydrogen) atoms. The van der Waals surface area contributed by atoms with Gasteiger partial charge in [-0.2, -0.15) is 17.9 Å². The minimum absolute atomic E-state index is 0.186. The Labute approximate surface area is 114 Å². The Kier molecular flexibility index (Phi) is 2.67. The fraction of sp³-hybridized carbons (Fsp3) is 0.250. The number of halogens is 3. The maximum Gasteiger partial charge on any atom is 0.417 e. The summed E-state index contributed by atoms with van der Waals surface area (Å²) in [6, 6.07) is 0.420. The lowest BCUT2D eigenvalue weighted by Crippen LogP contribution is -2.35. The van der Waals surface area contributed by atoms with Crippen LogP contribution >= 0.6 is 0 Å². The molecule has 0 radical (unpaired) electrons. The van der Waals surface area contributed by atoms with Gasteiger partial charge in [0.25, 0.3) is 0 Å².